The van der Waals surface area contributed by atoms with Crippen LogP contribution < -0.4 is 17.0 Å². The Bertz CT molecular complexity index is 491. The van der Waals surface area contributed by atoms with Gasteiger partial charge in [-0.2, -0.15) is 0 Å². The molecule has 7 nitrogen and oxygen atoms in total. The van der Waals surface area contributed by atoms with Gasteiger partial charge >= 0.3 is 15.2 Å². The monoisotopic (exact) mass is 331 g/mol. The Hall–Kier alpha value is -0.260. The minimum absolute atomic E-state index is 0. The first kappa shape index (κ1) is 18.7. The summed E-state index contributed by atoms with van der Waals surface area (Å²) < 4.78 is 24.0. The molecule has 110 valence electrons. The number of nitrogens with zero attached hydrogens (tertiary/aromatic N) is 1. The van der Waals surface area contributed by atoms with Crippen LogP contribution in [0.15, 0.2) is 24.5 Å². The zero-order valence-corrected chi connectivity index (χ0v) is 12.7. The van der Waals surface area contributed by atoms with Crippen molar-refractivity contribution >= 4 is 15.2 Å². The number of aryl methyl sites for hydroxylation is 1. The van der Waals surface area contributed by atoms with Crippen LogP contribution in [0, 0.1) is 0 Å². The Labute approximate surface area is 117 Å². The first-order chi connectivity index (χ1) is 8.14. The van der Waals surface area contributed by atoms with E-state index in [4.69, 9.17) is 19.6 Å². The molecule has 0 radical (unpaired) electrons. The van der Waals surface area contributed by atoms with Crippen LogP contribution in [0.3, 0.4) is 0 Å². The Morgan fingerprint density at radius 1 is 1.21 bits per heavy atom. The molecule has 0 bridgehead atoms. The molecule has 0 aliphatic rings. The van der Waals surface area contributed by atoms with Crippen LogP contribution in [0.5, 0.6) is 0 Å². The average Bonchev–Trinajstić information content (AvgIpc) is 2.23. The lowest BCUT2D eigenvalue weighted by atomic mass is 10.2. The predicted molar refractivity (Wildman–Crippen MR) is 63.9 cm³/mol. The van der Waals surface area contributed by atoms with Crippen molar-refractivity contribution in [3.63, 3.8) is 0 Å². The lowest BCUT2D eigenvalue weighted by molar-refractivity contribution is -0.693. The summed E-state index contributed by atoms with van der Waals surface area (Å²) >= 11 is 0. The summed E-state index contributed by atoms with van der Waals surface area (Å²) in [5.41, 5.74) is 0.469. The van der Waals surface area contributed by atoms with Crippen molar-refractivity contribution < 1.29 is 45.7 Å². The van der Waals surface area contributed by atoms with Crippen molar-refractivity contribution in [1.29, 1.82) is 0 Å². The van der Waals surface area contributed by atoms with Gasteiger partial charge in [0.1, 0.15) is 6.54 Å². The molecule has 1 aromatic rings. The maximum Gasteiger partial charge on any atom is 0.341 e. The number of aromatic nitrogens is 1. The van der Waals surface area contributed by atoms with E-state index < -0.39 is 20.6 Å². The van der Waals surface area contributed by atoms with Crippen molar-refractivity contribution in [2.75, 3.05) is 0 Å². The second-order valence-corrected chi connectivity index (χ2v) is 7.92. The highest BCUT2D eigenvalue weighted by Crippen LogP contribution is 2.60. The molecule has 0 amide bonds. The van der Waals surface area contributed by atoms with E-state index in [-0.39, 0.29) is 18.8 Å². The molecule has 10 heteroatoms. The molecular weight excluding hydrogens is 316 g/mol. The van der Waals surface area contributed by atoms with E-state index in [1.165, 1.54) is 0 Å². The molecule has 19 heavy (non-hydrogen) atoms. The van der Waals surface area contributed by atoms with Gasteiger partial charge in [-0.3, -0.25) is 9.13 Å². The van der Waals surface area contributed by atoms with Gasteiger partial charge in [0.15, 0.2) is 17.8 Å². The number of halogens is 1. The van der Waals surface area contributed by atoms with E-state index in [9.17, 15) is 9.13 Å². The molecule has 0 aromatic carbocycles. The molecule has 4 N–H and O–H groups in total. The molecule has 0 saturated carbocycles. The summed E-state index contributed by atoms with van der Waals surface area (Å²) in [5, 5.41) is -1.99. The van der Waals surface area contributed by atoms with Crippen LogP contribution >= 0.6 is 15.2 Å². The standard InChI is InChI=1S/C9H15NO6P2.ClH/c1-2-10-5-3-4-8(7-10)6-9(17(11,12)13)18(14,15)16;/h3-5,7,9H,2,6H2,1H3,(H3-,11,12,13,14,15,16);1H. The van der Waals surface area contributed by atoms with Crippen molar-refractivity contribution in [2.24, 2.45) is 0 Å². The zero-order valence-electron chi connectivity index (χ0n) is 10.1. The molecule has 1 heterocycles. The lowest BCUT2D eigenvalue weighted by Gasteiger charge is -2.18. The topological polar surface area (TPSA) is 119 Å². The van der Waals surface area contributed by atoms with Gasteiger partial charge in [0, 0.05) is 18.1 Å². The van der Waals surface area contributed by atoms with Gasteiger partial charge in [0.05, 0.1) is 0 Å². The second kappa shape index (κ2) is 6.95. The minimum Gasteiger partial charge on any atom is -1.00 e. The quantitative estimate of drug-likeness (QED) is 0.342. The molecule has 0 fully saturated rings. The molecule has 0 atom stereocenters. The van der Waals surface area contributed by atoms with Crippen LogP contribution in [0.1, 0.15) is 12.5 Å². The summed E-state index contributed by atoms with van der Waals surface area (Å²) in [6.45, 7) is 2.54. The van der Waals surface area contributed by atoms with Crippen LogP contribution in [-0.2, 0) is 22.1 Å². The highest BCUT2D eigenvalue weighted by molar-refractivity contribution is 7.70. The van der Waals surface area contributed by atoms with Gasteiger partial charge in [-0.15, -0.1) is 0 Å². The summed E-state index contributed by atoms with van der Waals surface area (Å²) in [4.78, 5) is 36.1. The van der Waals surface area contributed by atoms with Crippen molar-refractivity contribution in [3.8, 4) is 0 Å². The van der Waals surface area contributed by atoms with Crippen LogP contribution in [0.4, 0.5) is 0 Å². The fourth-order valence-electron chi connectivity index (χ4n) is 1.54. The summed E-state index contributed by atoms with van der Waals surface area (Å²) in [5.74, 6) is 0. The predicted octanol–water partition coefficient (Wildman–Crippen LogP) is -2.78. The molecule has 0 spiro atoms. The van der Waals surface area contributed by atoms with Crippen molar-refractivity contribution in [3.05, 3.63) is 30.1 Å². The van der Waals surface area contributed by atoms with Crippen LogP contribution in [-0.4, -0.2) is 25.0 Å². The Balaban J connectivity index is 0.00000324. The summed E-state index contributed by atoms with van der Waals surface area (Å²) in [6, 6.07) is 3.24. The molecular formula is C9H16ClNO6P2. The number of hydrogen-bond acceptors (Lipinski definition) is 2. The number of hydrogen-bond donors (Lipinski definition) is 4. The first-order valence-electron chi connectivity index (χ1n) is 5.23. The third-order valence-electron chi connectivity index (χ3n) is 2.48. The fraction of sp³-hybridized carbons (Fsp3) is 0.444. The SMILES string of the molecule is CC[n+]1cccc(CC(P(=O)(O)O)P(=O)(O)O)c1.[Cl-]. The minimum atomic E-state index is -4.86. The van der Waals surface area contributed by atoms with E-state index in [2.05, 4.69) is 0 Å². The van der Waals surface area contributed by atoms with Gasteiger partial charge in [0.2, 0.25) is 0 Å². The fourth-order valence-corrected chi connectivity index (χ4v) is 4.00. The van der Waals surface area contributed by atoms with E-state index in [0.29, 0.717) is 12.1 Å². The Morgan fingerprint density at radius 3 is 2.16 bits per heavy atom. The normalized spacial score (nSPS) is 12.3. The molecule has 0 aliphatic carbocycles. The van der Waals surface area contributed by atoms with Gasteiger partial charge in [-0.25, -0.2) is 4.57 Å². The summed E-state index contributed by atoms with van der Waals surface area (Å²) in [7, 11) is -9.72. The largest absolute Gasteiger partial charge is 1.00 e. The second-order valence-electron chi connectivity index (χ2n) is 3.91. The molecule has 1 rings (SSSR count). The number of rotatable bonds is 5. The lowest BCUT2D eigenvalue weighted by Crippen LogP contribution is -3.00. The number of pyridine rings is 1. The van der Waals surface area contributed by atoms with Crippen molar-refractivity contribution in [1.82, 2.24) is 0 Å². The Kier molecular flexibility index (Phi) is 6.86. The third-order valence-corrected chi connectivity index (χ3v) is 6.20. The molecule has 0 aliphatic heterocycles. The first-order valence-corrected chi connectivity index (χ1v) is 8.59. The van der Waals surface area contributed by atoms with Gasteiger partial charge in [-0.05, 0) is 13.0 Å². The van der Waals surface area contributed by atoms with Crippen molar-refractivity contribution in [2.45, 2.75) is 25.3 Å². The molecule has 0 saturated heterocycles. The smallest absolute Gasteiger partial charge is 0.341 e. The molecule has 1 aromatic heterocycles. The van der Waals surface area contributed by atoms with Crippen LogP contribution in [0.2, 0.25) is 0 Å². The maximum absolute atomic E-state index is 11.1. The summed E-state index contributed by atoms with van der Waals surface area (Å²) in [6.07, 6.45) is 3.00. The third kappa shape index (κ3) is 5.71. The van der Waals surface area contributed by atoms with Crippen LogP contribution in [0.25, 0.3) is 0 Å². The van der Waals surface area contributed by atoms with E-state index in [1.807, 2.05) is 6.92 Å². The Morgan fingerprint density at radius 2 is 1.74 bits per heavy atom. The van der Waals surface area contributed by atoms with E-state index in [0.717, 1.165) is 0 Å². The van der Waals surface area contributed by atoms with Gasteiger partial charge < -0.3 is 32.0 Å². The highest BCUT2D eigenvalue weighted by atomic mass is 35.5. The van der Waals surface area contributed by atoms with Gasteiger partial charge in [0.25, 0.3) is 0 Å². The van der Waals surface area contributed by atoms with E-state index in [1.54, 1.807) is 29.1 Å². The van der Waals surface area contributed by atoms with Gasteiger partial charge in [-0.1, -0.05) is 0 Å². The average molecular weight is 332 g/mol. The zero-order chi connectivity index (χ0) is 14.0. The highest BCUT2D eigenvalue weighted by Gasteiger charge is 2.43. The maximum atomic E-state index is 11.1. The molecule has 0 unspecified atom stereocenters. The van der Waals surface area contributed by atoms with E-state index >= 15 is 0 Å².